The first-order valence-corrected chi connectivity index (χ1v) is 8.55. The summed E-state index contributed by atoms with van der Waals surface area (Å²) in [5.41, 5.74) is 4.15. The molecule has 0 amide bonds. The summed E-state index contributed by atoms with van der Waals surface area (Å²) in [6.45, 7) is 27.4. The summed E-state index contributed by atoms with van der Waals surface area (Å²) in [5, 5.41) is 0. The average molecular weight is 321 g/mol. The maximum Gasteiger partial charge on any atom is 0.0398 e. The van der Waals surface area contributed by atoms with Gasteiger partial charge in [-0.1, -0.05) is 59.9 Å². The van der Waals surface area contributed by atoms with Gasteiger partial charge in [0.2, 0.25) is 0 Å². The van der Waals surface area contributed by atoms with Crippen molar-refractivity contribution in [3.8, 4) is 0 Å². The molecule has 0 radical (unpaired) electrons. The Balaban J connectivity index is -0.000000129. The van der Waals surface area contributed by atoms with Gasteiger partial charge in [0, 0.05) is 23.8 Å². The van der Waals surface area contributed by atoms with Crippen LogP contribution >= 0.6 is 0 Å². The average Bonchev–Trinajstić information content (AvgIpc) is 2.60. The highest BCUT2D eigenvalue weighted by molar-refractivity contribution is 5.98. The maximum absolute atomic E-state index is 4.15. The second kappa shape index (κ2) is 25.3. The molecule has 0 atom stereocenters. The summed E-state index contributed by atoms with van der Waals surface area (Å²) in [7, 11) is 0. The van der Waals surface area contributed by atoms with Crippen molar-refractivity contribution in [2.45, 2.75) is 75.7 Å². The van der Waals surface area contributed by atoms with E-state index < -0.39 is 0 Å². The summed E-state index contributed by atoms with van der Waals surface area (Å²) in [6.07, 6.45) is 8.34. The molecule has 2 nitrogen and oxygen atoms in total. The molecule has 2 heteroatoms. The van der Waals surface area contributed by atoms with E-state index in [-0.39, 0.29) is 0 Å². The lowest BCUT2D eigenvalue weighted by molar-refractivity contribution is 1.17. The number of hydrogen-bond acceptors (Lipinski definition) is 2. The van der Waals surface area contributed by atoms with Crippen molar-refractivity contribution in [1.82, 2.24) is 0 Å². The molecule has 0 aromatic carbocycles. The molecule has 0 aromatic heterocycles. The molecule has 0 unspecified atom stereocenters. The maximum atomic E-state index is 4.15. The fourth-order valence-corrected chi connectivity index (χ4v) is 0.830. The predicted octanol–water partition coefficient (Wildman–Crippen LogP) is 7.56. The molecule has 0 heterocycles. The highest BCUT2D eigenvalue weighted by Crippen LogP contribution is 1.99. The smallest absolute Gasteiger partial charge is 0.0398 e. The molecule has 0 bridgehead atoms. The second-order valence-electron chi connectivity index (χ2n) is 4.13. The van der Waals surface area contributed by atoms with Crippen molar-refractivity contribution in [2.75, 3.05) is 0 Å². The van der Waals surface area contributed by atoms with Crippen molar-refractivity contribution in [3.63, 3.8) is 0 Å². The van der Waals surface area contributed by atoms with E-state index in [9.17, 15) is 0 Å². The Morgan fingerprint density at radius 3 is 1.39 bits per heavy atom. The van der Waals surface area contributed by atoms with E-state index in [4.69, 9.17) is 0 Å². The van der Waals surface area contributed by atoms with E-state index >= 15 is 0 Å². The summed E-state index contributed by atoms with van der Waals surface area (Å²) >= 11 is 0. The number of hydrogen-bond donors (Lipinski definition) is 0. The first kappa shape index (κ1) is 29.3. The van der Waals surface area contributed by atoms with Gasteiger partial charge in [-0.2, -0.15) is 0 Å². The van der Waals surface area contributed by atoms with Gasteiger partial charge >= 0.3 is 0 Å². The molecule has 134 valence electrons. The van der Waals surface area contributed by atoms with Crippen LogP contribution in [-0.4, -0.2) is 11.4 Å². The molecular weight excluding hydrogens is 280 g/mol. The van der Waals surface area contributed by atoms with Gasteiger partial charge in [-0.3, -0.25) is 9.98 Å². The number of rotatable bonds is 5. The first-order chi connectivity index (χ1) is 10.9. The molecule has 23 heavy (non-hydrogen) atoms. The van der Waals surface area contributed by atoms with E-state index in [0.717, 1.165) is 29.0 Å². The van der Waals surface area contributed by atoms with Crippen molar-refractivity contribution in [2.24, 2.45) is 9.98 Å². The fourth-order valence-electron chi connectivity index (χ4n) is 0.830. The summed E-state index contributed by atoms with van der Waals surface area (Å²) in [4.78, 5) is 8.23. The molecule has 0 saturated heterocycles. The van der Waals surface area contributed by atoms with Crippen LogP contribution in [0, 0.1) is 0 Å². The molecule has 0 saturated carbocycles. The van der Waals surface area contributed by atoms with Gasteiger partial charge in [-0.15, -0.1) is 0 Å². The van der Waals surface area contributed by atoms with E-state index in [1.165, 1.54) is 0 Å². The quantitative estimate of drug-likeness (QED) is 0.467. The van der Waals surface area contributed by atoms with Crippen LogP contribution in [0.25, 0.3) is 0 Å². The van der Waals surface area contributed by atoms with Gasteiger partial charge in [-0.25, -0.2) is 0 Å². The van der Waals surface area contributed by atoms with Crippen LogP contribution in [0.1, 0.15) is 75.7 Å². The van der Waals surface area contributed by atoms with Crippen LogP contribution < -0.4 is 0 Å². The lowest BCUT2D eigenvalue weighted by Gasteiger charge is -1.97. The third-order valence-electron chi connectivity index (χ3n) is 2.39. The van der Waals surface area contributed by atoms with Crippen molar-refractivity contribution >= 4 is 11.4 Å². The zero-order valence-corrected chi connectivity index (χ0v) is 17.3. The Kier molecular flexibility index (Phi) is 32.2. The second-order valence-corrected chi connectivity index (χ2v) is 4.13. The molecule has 0 spiro atoms. The number of aliphatic imine (C=N–C) groups is 2. The van der Waals surface area contributed by atoms with E-state index in [0.29, 0.717) is 0 Å². The minimum atomic E-state index is 0.979. The Bertz CT molecular complexity index is 394. The molecule has 0 aliphatic carbocycles. The first-order valence-electron chi connectivity index (χ1n) is 8.55. The molecule has 0 aromatic rings. The van der Waals surface area contributed by atoms with Crippen molar-refractivity contribution < 1.29 is 0 Å². The Morgan fingerprint density at radius 1 is 0.783 bits per heavy atom. The Hall–Kier alpha value is -1.70. The van der Waals surface area contributed by atoms with E-state index in [1.54, 1.807) is 12.4 Å². The summed E-state index contributed by atoms with van der Waals surface area (Å²) < 4.78 is 0. The van der Waals surface area contributed by atoms with Crippen LogP contribution in [0.15, 0.2) is 58.8 Å². The highest BCUT2D eigenvalue weighted by Gasteiger charge is 1.91. The lowest BCUT2D eigenvalue weighted by atomic mass is 10.1. The summed E-state index contributed by atoms with van der Waals surface area (Å²) in [6, 6.07) is 0. The lowest BCUT2D eigenvalue weighted by Crippen LogP contribution is -1.92. The van der Waals surface area contributed by atoms with E-state index in [2.05, 4.69) is 30.1 Å². The van der Waals surface area contributed by atoms with Gasteiger partial charge in [0.05, 0.1) is 0 Å². The molecule has 0 rings (SSSR count). The fraction of sp³-hybridized carbons (Fsp3) is 0.524. The molecule has 0 N–H and O–H groups in total. The third-order valence-corrected chi connectivity index (χ3v) is 2.39. The minimum Gasteiger partial charge on any atom is -0.262 e. The largest absolute Gasteiger partial charge is 0.262 e. The van der Waals surface area contributed by atoms with Crippen LogP contribution in [-0.2, 0) is 0 Å². The molecular formula is C21H40N2. The zero-order valence-electron chi connectivity index (χ0n) is 17.3. The minimum absolute atomic E-state index is 0.979. The van der Waals surface area contributed by atoms with Crippen LogP contribution in [0.2, 0.25) is 0 Å². The number of allylic oxidation sites excluding steroid dienone is 4. The van der Waals surface area contributed by atoms with Gasteiger partial charge in [0.15, 0.2) is 0 Å². The summed E-state index contributed by atoms with van der Waals surface area (Å²) in [5.74, 6) is 0. The Morgan fingerprint density at radius 2 is 1.13 bits per heavy atom. The third kappa shape index (κ3) is 25.6. The van der Waals surface area contributed by atoms with E-state index in [1.807, 2.05) is 74.5 Å². The van der Waals surface area contributed by atoms with Crippen LogP contribution in [0.4, 0.5) is 0 Å². The highest BCUT2D eigenvalue weighted by atomic mass is 14.7. The topological polar surface area (TPSA) is 24.7 Å². The van der Waals surface area contributed by atoms with Crippen LogP contribution in [0.5, 0.6) is 0 Å². The zero-order chi connectivity index (χ0) is 19.3. The van der Waals surface area contributed by atoms with Crippen molar-refractivity contribution in [3.05, 3.63) is 48.9 Å². The van der Waals surface area contributed by atoms with Gasteiger partial charge in [-0.05, 0) is 52.2 Å². The predicted molar refractivity (Wildman–Crippen MR) is 113 cm³/mol. The SMILES string of the molecule is C=C(C)C(C)=N/C=C\C.C=C(CC)C(C)=N/C=C\C.CC.CC. The molecule has 0 aliphatic heterocycles. The number of nitrogens with zero attached hydrogens (tertiary/aromatic N) is 2. The van der Waals surface area contributed by atoms with Gasteiger partial charge in [0.1, 0.15) is 0 Å². The van der Waals surface area contributed by atoms with Gasteiger partial charge in [0.25, 0.3) is 0 Å². The monoisotopic (exact) mass is 320 g/mol. The Labute approximate surface area is 146 Å². The van der Waals surface area contributed by atoms with Crippen molar-refractivity contribution in [1.29, 1.82) is 0 Å². The molecule has 0 fully saturated rings. The van der Waals surface area contributed by atoms with Gasteiger partial charge < -0.3 is 0 Å². The molecule has 0 aliphatic rings. The standard InChI is InChI=1S/C9H15N.C8H13N.2C2H6/c1-5-7-10-9(4)8(3)6-2;1-5-6-9-8(4)7(2)3;2*1-2/h5,7H,3,6H2,1-2,4H3;5-6H,2H2,1,3-4H3;2*1-2H3/b7-5-,10-9?;6-5-,9-8?;;. The van der Waals surface area contributed by atoms with Crippen LogP contribution in [0.3, 0.4) is 0 Å². The normalized spacial score (nSPS) is 10.9.